The molecule has 0 radical (unpaired) electrons. The second-order valence-electron chi connectivity index (χ2n) is 8.57. The van der Waals surface area contributed by atoms with Gasteiger partial charge in [-0.05, 0) is 12.8 Å². The van der Waals surface area contributed by atoms with Crippen LogP contribution < -0.4 is 19.9 Å². The SMILES string of the molecule is O=C(NC[C@@H]1OC(=O)N2c3cc(F)c(N4[C@@H]5CC[C@H]4CSC5)cc3OC[C@@H]12)c1cnccn1. The Balaban J connectivity index is 1.21. The van der Waals surface area contributed by atoms with E-state index in [0.29, 0.717) is 29.2 Å². The summed E-state index contributed by atoms with van der Waals surface area (Å²) in [7, 11) is 0. The molecule has 3 fully saturated rings. The topological polar surface area (TPSA) is 96.9 Å². The summed E-state index contributed by atoms with van der Waals surface area (Å²) >= 11 is 1.92. The van der Waals surface area contributed by atoms with Crippen molar-refractivity contribution < 1.29 is 23.5 Å². The van der Waals surface area contributed by atoms with E-state index < -0.39 is 24.1 Å². The van der Waals surface area contributed by atoms with Crippen LogP contribution in [0.25, 0.3) is 0 Å². The van der Waals surface area contributed by atoms with Crippen molar-refractivity contribution in [1.29, 1.82) is 0 Å². The van der Waals surface area contributed by atoms with Crippen LogP contribution in [-0.4, -0.2) is 70.9 Å². The highest BCUT2D eigenvalue weighted by Gasteiger charge is 2.47. The molecular weight excluding hydrogens is 449 g/mol. The quantitative estimate of drug-likeness (QED) is 0.725. The molecule has 9 nitrogen and oxygen atoms in total. The van der Waals surface area contributed by atoms with Crippen molar-refractivity contribution in [3.8, 4) is 5.75 Å². The van der Waals surface area contributed by atoms with Crippen LogP contribution >= 0.6 is 11.8 Å². The van der Waals surface area contributed by atoms with E-state index in [4.69, 9.17) is 9.47 Å². The smallest absolute Gasteiger partial charge is 0.415 e. The third-order valence-electron chi connectivity index (χ3n) is 6.69. The number of amides is 2. The number of rotatable bonds is 4. The highest BCUT2D eigenvalue weighted by atomic mass is 32.2. The first-order valence-electron chi connectivity index (χ1n) is 11.0. The van der Waals surface area contributed by atoms with Crippen molar-refractivity contribution in [2.45, 2.75) is 37.1 Å². The third kappa shape index (κ3) is 3.45. The van der Waals surface area contributed by atoms with E-state index >= 15 is 4.39 Å². The lowest BCUT2D eigenvalue weighted by atomic mass is 10.1. The molecule has 0 spiro atoms. The number of cyclic esters (lactones) is 1. The summed E-state index contributed by atoms with van der Waals surface area (Å²) in [6, 6.07) is 3.28. The predicted molar refractivity (Wildman–Crippen MR) is 119 cm³/mol. The van der Waals surface area contributed by atoms with E-state index in [1.807, 2.05) is 11.8 Å². The Hall–Kier alpha value is -3.08. The fourth-order valence-corrected chi connectivity index (χ4v) is 6.47. The molecule has 172 valence electrons. The number of thioether (sulfide) groups is 1. The average Bonchev–Trinajstić information content (AvgIpc) is 3.28. The number of nitrogens with zero attached hydrogens (tertiary/aromatic N) is 4. The van der Waals surface area contributed by atoms with Gasteiger partial charge in [-0.15, -0.1) is 0 Å². The summed E-state index contributed by atoms with van der Waals surface area (Å²) in [5.41, 5.74) is 1.07. The number of carbonyl (C=O) groups excluding carboxylic acids is 2. The normalized spacial score (nSPS) is 27.5. The van der Waals surface area contributed by atoms with E-state index in [1.165, 1.54) is 29.6 Å². The maximum Gasteiger partial charge on any atom is 0.415 e. The Morgan fingerprint density at radius 1 is 1.21 bits per heavy atom. The van der Waals surface area contributed by atoms with Gasteiger partial charge in [0.25, 0.3) is 5.91 Å². The van der Waals surface area contributed by atoms with Crippen molar-refractivity contribution in [2.75, 3.05) is 34.5 Å². The zero-order valence-corrected chi connectivity index (χ0v) is 18.5. The first kappa shape index (κ1) is 20.5. The largest absolute Gasteiger partial charge is 0.489 e. The van der Waals surface area contributed by atoms with Crippen LogP contribution in [0.1, 0.15) is 23.3 Å². The van der Waals surface area contributed by atoms with Gasteiger partial charge in [-0.3, -0.25) is 14.7 Å². The number of halogens is 1. The maximum absolute atomic E-state index is 15.3. The lowest BCUT2D eigenvalue weighted by Gasteiger charge is -2.38. The van der Waals surface area contributed by atoms with Gasteiger partial charge in [0.1, 0.15) is 36.0 Å². The van der Waals surface area contributed by atoms with Crippen LogP contribution in [0, 0.1) is 5.82 Å². The molecular formula is C22H22FN5O4S. The predicted octanol–water partition coefficient (Wildman–Crippen LogP) is 2.22. The Kier molecular flexibility index (Phi) is 5.01. The zero-order chi connectivity index (χ0) is 22.5. The van der Waals surface area contributed by atoms with Crippen LogP contribution in [0.5, 0.6) is 5.75 Å². The Labute approximate surface area is 193 Å². The average molecular weight is 472 g/mol. The Morgan fingerprint density at radius 3 is 2.79 bits per heavy atom. The van der Waals surface area contributed by atoms with E-state index in [9.17, 15) is 9.59 Å². The number of hydrogen-bond acceptors (Lipinski definition) is 8. The first-order valence-corrected chi connectivity index (χ1v) is 12.1. The molecule has 4 aliphatic rings. The van der Waals surface area contributed by atoms with Crippen molar-refractivity contribution in [2.24, 2.45) is 0 Å². The van der Waals surface area contributed by atoms with Gasteiger partial charge in [-0.25, -0.2) is 14.2 Å². The molecule has 1 N–H and O–H groups in total. The molecule has 2 aromatic rings. The maximum atomic E-state index is 15.3. The molecule has 0 saturated carbocycles. The molecule has 4 aliphatic heterocycles. The number of fused-ring (bicyclic) bond motifs is 5. The van der Waals surface area contributed by atoms with Gasteiger partial charge in [-0.1, -0.05) is 0 Å². The number of hydrogen-bond donors (Lipinski definition) is 1. The van der Waals surface area contributed by atoms with Gasteiger partial charge in [0, 0.05) is 48.1 Å². The lowest BCUT2D eigenvalue weighted by molar-refractivity contribution is 0.0881. The molecule has 0 aliphatic carbocycles. The van der Waals surface area contributed by atoms with Gasteiger partial charge < -0.3 is 19.7 Å². The summed E-state index contributed by atoms with van der Waals surface area (Å²) in [6.07, 6.45) is 5.18. The molecule has 3 saturated heterocycles. The van der Waals surface area contributed by atoms with Gasteiger partial charge >= 0.3 is 6.09 Å². The van der Waals surface area contributed by atoms with Gasteiger partial charge in [0.2, 0.25) is 0 Å². The molecule has 1 aromatic carbocycles. The minimum Gasteiger partial charge on any atom is -0.489 e. The molecule has 2 amide bonds. The Bertz CT molecular complexity index is 1090. The van der Waals surface area contributed by atoms with Gasteiger partial charge in [0.15, 0.2) is 0 Å². The summed E-state index contributed by atoms with van der Waals surface area (Å²) in [6.45, 7) is 0.272. The molecule has 5 heterocycles. The van der Waals surface area contributed by atoms with E-state index in [0.717, 1.165) is 24.3 Å². The Morgan fingerprint density at radius 2 is 2.03 bits per heavy atom. The van der Waals surface area contributed by atoms with Crippen LogP contribution in [0.2, 0.25) is 0 Å². The first-order chi connectivity index (χ1) is 16.1. The van der Waals surface area contributed by atoms with Crippen LogP contribution in [-0.2, 0) is 4.74 Å². The number of benzene rings is 1. The highest BCUT2D eigenvalue weighted by Crippen LogP contribution is 2.45. The zero-order valence-electron chi connectivity index (χ0n) is 17.6. The fraction of sp³-hybridized carbons (Fsp3) is 0.455. The van der Waals surface area contributed by atoms with Crippen LogP contribution in [0.4, 0.5) is 20.6 Å². The summed E-state index contributed by atoms with van der Waals surface area (Å²) in [5, 5.41) is 2.72. The minimum absolute atomic E-state index is 0.0797. The van der Waals surface area contributed by atoms with E-state index in [2.05, 4.69) is 20.2 Å². The molecule has 1 aromatic heterocycles. The second-order valence-corrected chi connectivity index (χ2v) is 9.65. The number of aromatic nitrogens is 2. The number of anilines is 2. The molecule has 2 bridgehead atoms. The van der Waals surface area contributed by atoms with Crippen molar-refractivity contribution in [1.82, 2.24) is 15.3 Å². The van der Waals surface area contributed by atoms with Crippen LogP contribution in [0.3, 0.4) is 0 Å². The molecule has 0 unspecified atom stereocenters. The summed E-state index contributed by atoms with van der Waals surface area (Å²) in [4.78, 5) is 36.4. The number of carbonyl (C=O) groups is 2. The van der Waals surface area contributed by atoms with Crippen molar-refractivity contribution in [3.05, 3.63) is 42.2 Å². The monoisotopic (exact) mass is 471 g/mol. The van der Waals surface area contributed by atoms with Crippen molar-refractivity contribution in [3.63, 3.8) is 0 Å². The number of nitrogens with one attached hydrogen (secondary N) is 1. The molecule has 4 atom stereocenters. The second kappa shape index (κ2) is 8.05. The highest BCUT2D eigenvalue weighted by molar-refractivity contribution is 7.99. The number of ether oxygens (including phenoxy) is 2. The molecule has 11 heteroatoms. The van der Waals surface area contributed by atoms with Crippen LogP contribution in [0.15, 0.2) is 30.7 Å². The van der Waals surface area contributed by atoms with Gasteiger partial charge in [-0.2, -0.15) is 11.8 Å². The van der Waals surface area contributed by atoms with Gasteiger partial charge in [0.05, 0.1) is 24.1 Å². The van der Waals surface area contributed by atoms with Crippen molar-refractivity contribution >= 4 is 35.1 Å². The summed E-state index contributed by atoms with van der Waals surface area (Å²) in [5.74, 6) is 1.68. The standard InChI is InChI=1S/C22H22FN5O4S/c23-14-5-17-19(6-16(14)27-12-1-2-13(27)11-33-10-12)31-9-18-20(32-22(30)28(17)18)8-26-21(29)15-7-24-3-4-25-15/h3-7,12-13,18,20H,1-2,8-11H2,(H,26,29)/t12-,13+,18-,20-/m0/s1. The third-order valence-corrected chi connectivity index (χ3v) is 7.93. The van der Waals surface area contributed by atoms with E-state index in [1.54, 1.807) is 6.07 Å². The fourth-order valence-electron chi connectivity index (χ4n) is 5.13. The molecule has 6 rings (SSSR count). The minimum atomic E-state index is -0.635. The molecule has 33 heavy (non-hydrogen) atoms. The summed E-state index contributed by atoms with van der Waals surface area (Å²) < 4.78 is 26.8. The van der Waals surface area contributed by atoms with E-state index in [-0.39, 0.29) is 24.7 Å². The lowest BCUT2D eigenvalue weighted by Crippen LogP contribution is -2.48.